The number of carbonyl (C=O) groups excluding carboxylic acids is 1. The van der Waals surface area contributed by atoms with Crippen LogP contribution in [0.5, 0.6) is 5.75 Å². The lowest BCUT2D eigenvalue weighted by Gasteiger charge is -2.21. The number of rotatable bonds is 4. The van der Waals surface area contributed by atoms with E-state index in [0.29, 0.717) is 11.6 Å². The van der Waals surface area contributed by atoms with E-state index in [-0.39, 0.29) is 6.03 Å². The first-order valence-electron chi connectivity index (χ1n) is 7.37. The van der Waals surface area contributed by atoms with Crippen LogP contribution in [0.4, 0.5) is 10.5 Å². The van der Waals surface area contributed by atoms with Crippen LogP contribution in [0.2, 0.25) is 5.02 Å². The highest BCUT2D eigenvalue weighted by atomic mass is 35.5. The second kappa shape index (κ2) is 7.38. The molecule has 0 heterocycles. The largest absolute Gasteiger partial charge is 0.488 e. The van der Waals surface area contributed by atoms with Crippen LogP contribution in [0.1, 0.15) is 16.7 Å². The van der Waals surface area contributed by atoms with Gasteiger partial charge >= 0.3 is 6.03 Å². The van der Waals surface area contributed by atoms with Crippen LogP contribution in [-0.4, -0.2) is 20.1 Å². The van der Waals surface area contributed by atoms with Gasteiger partial charge in [0.05, 0.1) is 5.69 Å². The fourth-order valence-electron chi connectivity index (χ4n) is 2.39. The third-order valence-corrected chi connectivity index (χ3v) is 4.03. The number of amides is 2. The van der Waals surface area contributed by atoms with Crippen LogP contribution >= 0.6 is 11.6 Å². The quantitative estimate of drug-likeness (QED) is 0.906. The second-order valence-corrected chi connectivity index (χ2v) is 5.82. The Morgan fingerprint density at radius 1 is 1.26 bits per heavy atom. The highest BCUT2D eigenvalue weighted by Crippen LogP contribution is 2.29. The minimum Gasteiger partial charge on any atom is -0.488 e. The highest BCUT2D eigenvalue weighted by molar-refractivity contribution is 6.31. The Morgan fingerprint density at radius 3 is 2.65 bits per heavy atom. The van der Waals surface area contributed by atoms with Crippen molar-refractivity contribution in [3.8, 4) is 5.75 Å². The van der Waals surface area contributed by atoms with E-state index in [1.54, 1.807) is 20.2 Å². The molecule has 1 N–H and O–H groups in total. The number of aryl methyl sites for hydroxylation is 2. The maximum absolute atomic E-state index is 11.9. The summed E-state index contributed by atoms with van der Waals surface area (Å²) < 4.78 is 5.92. The topological polar surface area (TPSA) is 41.6 Å². The number of hydrogen-bond acceptors (Lipinski definition) is 2. The average Bonchev–Trinajstić information content (AvgIpc) is 2.53. The van der Waals surface area contributed by atoms with E-state index in [9.17, 15) is 4.79 Å². The molecule has 23 heavy (non-hydrogen) atoms. The van der Waals surface area contributed by atoms with E-state index < -0.39 is 0 Å². The first-order chi connectivity index (χ1) is 10.9. The number of halogens is 1. The summed E-state index contributed by atoms with van der Waals surface area (Å²) in [5.41, 5.74) is 3.76. The SMILES string of the molecule is CNC(=O)N(C)c1cccc(Cl)c1COc1ccc(C)cc1C. The van der Waals surface area contributed by atoms with Gasteiger partial charge in [-0.15, -0.1) is 0 Å². The van der Waals surface area contributed by atoms with Crippen LogP contribution in [0.25, 0.3) is 0 Å². The number of anilines is 1. The lowest BCUT2D eigenvalue weighted by Crippen LogP contribution is -2.35. The molecule has 2 rings (SSSR count). The van der Waals surface area contributed by atoms with Crippen molar-refractivity contribution in [2.24, 2.45) is 0 Å². The van der Waals surface area contributed by atoms with Gasteiger partial charge in [0.1, 0.15) is 12.4 Å². The lowest BCUT2D eigenvalue weighted by atomic mass is 10.1. The van der Waals surface area contributed by atoms with E-state index in [1.807, 2.05) is 38.1 Å². The molecular weight excluding hydrogens is 312 g/mol. The third-order valence-electron chi connectivity index (χ3n) is 3.68. The molecule has 2 amide bonds. The van der Waals surface area contributed by atoms with Crippen molar-refractivity contribution in [2.45, 2.75) is 20.5 Å². The lowest BCUT2D eigenvalue weighted by molar-refractivity contribution is 0.249. The van der Waals surface area contributed by atoms with Gasteiger partial charge in [-0.1, -0.05) is 35.4 Å². The number of nitrogens with one attached hydrogen (secondary N) is 1. The summed E-state index contributed by atoms with van der Waals surface area (Å²) in [6.07, 6.45) is 0. The Hall–Kier alpha value is -2.20. The van der Waals surface area contributed by atoms with Crippen molar-refractivity contribution in [3.63, 3.8) is 0 Å². The Bertz CT molecular complexity index is 716. The summed E-state index contributed by atoms with van der Waals surface area (Å²) in [6, 6.07) is 11.3. The second-order valence-electron chi connectivity index (χ2n) is 5.41. The molecule has 0 aliphatic heterocycles. The Labute approximate surface area is 142 Å². The molecule has 5 heteroatoms. The first-order valence-corrected chi connectivity index (χ1v) is 7.74. The third kappa shape index (κ3) is 3.96. The zero-order chi connectivity index (χ0) is 17.0. The van der Waals surface area contributed by atoms with Gasteiger partial charge in [0.25, 0.3) is 0 Å². The first kappa shape index (κ1) is 17.2. The van der Waals surface area contributed by atoms with Crippen molar-refractivity contribution in [2.75, 3.05) is 19.0 Å². The zero-order valence-corrected chi connectivity index (χ0v) is 14.6. The summed E-state index contributed by atoms with van der Waals surface area (Å²) in [7, 11) is 3.29. The zero-order valence-electron chi connectivity index (χ0n) is 13.8. The molecule has 0 aliphatic rings. The molecule has 0 unspecified atom stereocenters. The van der Waals surface area contributed by atoms with E-state index in [2.05, 4.69) is 11.4 Å². The van der Waals surface area contributed by atoms with Crippen LogP contribution < -0.4 is 15.0 Å². The minimum absolute atomic E-state index is 0.208. The van der Waals surface area contributed by atoms with Crippen molar-refractivity contribution in [1.29, 1.82) is 0 Å². The summed E-state index contributed by atoms with van der Waals surface area (Å²) in [5.74, 6) is 0.809. The monoisotopic (exact) mass is 332 g/mol. The molecular formula is C18H21ClN2O2. The fourth-order valence-corrected chi connectivity index (χ4v) is 2.62. The molecule has 4 nitrogen and oxygen atoms in total. The number of nitrogens with zero attached hydrogens (tertiary/aromatic N) is 1. The Balaban J connectivity index is 2.27. The summed E-state index contributed by atoms with van der Waals surface area (Å²) in [5, 5.41) is 3.17. The molecule has 122 valence electrons. The van der Waals surface area contributed by atoms with Gasteiger partial charge in [0, 0.05) is 24.7 Å². The molecule has 0 aliphatic carbocycles. The molecule has 0 bridgehead atoms. The van der Waals surface area contributed by atoms with Gasteiger partial charge in [0.2, 0.25) is 0 Å². The van der Waals surface area contributed by atoms with E-state index >= 15 is 0 Å². The Kier molecular flexibility index (Phi) is 5.50. The van der Waals surface area contributed by atoms with Gasteiger partial charge < -0.3 is 10.1 Å². The van der Waals surface area contributed by atoms with E-state index in [0.717, 1.165) is 22.6 Å². The summed E-state index contributed by atoms with van der Waals surface area (Å²) in [4.78, 5) is 13.4. The molecule has 0 spiro atoms. The van der Waals surface area contributed by atoms with Crippen molar-refractivity contribution in [3.05, 3.63) is 58.1 Å². The average molecular weight is 333 g/mol. The standard InChI is InChI=1S/C18H21ClN2O2/c1-12-8-9-17(13(2)10-12)23-11-14-15(19)6-5-7-16(14)21(4)18(22)20-3/h5-10H,11H2,1-4H3,(H,20,22). The van der Waals surface area contributed by atoms with Crippen molar-refractivity contribution in [1.82, 2.24) is 5.32 Å². The normalized spacial score (nSPS) is 10.3. The van der Waals surface area contributed by atoms with Gasteiger partial charge in [-0.3, -0.25) is 4.90 Å². The van der Waals surface area contributed by atoms with Gasteiger partial charge in [-0.2, -0.15) is 0 Å². The van der Waals surface area contributed by atoms with E-state index in [4.69, 9.17) is 16.3 Å². The number of hydrogen-bond donors (Lipinski definition) is 1. The Morgan fingerprint density at radius 2 is 2.00 bits per heavy atom. The number of ether oxygens (including phenoxy) is 1. The predicted molar refractivity (Wildman–Crippen MR) is 94.6 cm³/mol. The summed E-state index contributed by atoms with van der Waals surface area (Å²) >= 11 is 6.31. The van der Waals surface area contributed by atoms with Crippen LogP contribution in [0, 0.1) is 13.8 Å². The predicted octanol–water partition coefficient (Wildman–Crippen LogP) is 4.31. The molecule has 0 radical (unpaired) electrons. The summed E-state index contributed by atoms with van der Waals surface area (Å²) in [6.45, 7) is 4.34. The van der Waals surface area contributed by atoms with Gasteiger partial charge in [-0.25, -0.2) is 4.79 Å². The smallest absolute Gasteiger partial charge is 0.321 e. The highest BCUT2D eigenvalue weighted by Gasteiger charge is 2.16. The minimum atomic E-state index is -0.208. The van der Waals surface area contributed by atoms with Gasteiger partial charge in [0.15, 0.2) is 0 Å². The van der Waals surface area contributed by atoms with Crippen LogP contribution in [-0.2, 0) is 6.61 Å². The van der Waals surface area contributed by atoms with Crippen LogP contribution in [0.3, 0.4) is 0 Å². The molecule has 0 atom stereocenters. The van der Waals surface area contributed by atoms with Crippen molar-refractivity contribution < 1.29 is 9.53 Å². The molecule has 2 aromatic rings. The van der Waals surface area contributed by atoms with Crippen LogP contribution in [0.15, 0.2) is 36.4 Å². The molecule has 0 aromatic heterocycles. The number of urea groups is 1. The maximum atomic E-state index is 11.9. The molecule has 0 saturated heterocycles. The van der Waals surface area contributed by atoms with E-state index in [1.165, 1.54) is 10.5 Å². The number of carbonyl (C=O) groups is 1. The molecule has 0 fully saturated rings. The number of benzene rings is 2. The maximum Gasteiger partial charge on any atom is 0.321 e. The van der Waals surface area contributed by atoms with Crippen molar-refractivity contribution >= 4 is 23.3 Å². The molecule has 0 saturated carbocycles. The molecule has 2 aromatic carbocycles. The van der Waals surface area contributed by atoms with Gasteiger partial charge in [-0.05, 0) is 37.6 Å². The fraction of sp³-hybridized carbons (Fsp3) is 0.278.